The molecule has 1 atom stereocenters. The Hall–Kier alpha value is -2.36. The molecule has 1 aliphatic rings. The van der Waals surface area contributed by atoms with Crippen LogP contribution in [0.4, 0.5) is 0 Å². The monoisotopic (exact) mass is 396 g/mol. The fourth-order valence-corrected chi connectivity index (χ4v) is 4.11. The van der Waals surface area contributed by atoms with Crippen molar-refractivity contribution < 1.29 is 13.9 Å². The summed E-state index contributed by atoms with van der Waals surface area (Å²) in [5.41, 5.74) is 3.21. The van der Waals surface area contributed by atoms with Crippen LogP contribution in [0.15, 0.2) is 21.4 Å². The Morgan fingerprint density at radius 3 is 2.62 bits per heavy atom. The van der Waals surface area contributed by atoms with E-state index in [1.54, 1.807) is 6.07 Å². The van der Waals surface area contributed by atoms with Crippen LogP contribution in [0.5, 0.6) is 5.75 Å². The number of fused-ring (bicyclic) bond motifs is 3. The van der Waals surface area contributed by atoms with E-state index >= 15 is 0 Å². The fourth-order valence-electron chi connectivity index (χ4n) is 4.11. The van der Waals surface area contributed by atoms with Crippen LogP contribution < -0.4 is 10.4 Å². The molecule has 0 saturated carbocycles. The Morgan fingerprint density at radius 2 is 1.97 bits per heavy atom. The molecule has 2 heterocycles. The lowest BCUT2D eigenvalue weighted by molar-refractivity contribution is 0.0967. The molecule has 3 rings (SSSR count). The summed E-state index contributed by atoms with van der Waals surface area (Å²) in [6.45, 7) is 10.2. The molecular formula is C25H32O4. The van der Waals surface area contributed by atoms with Gasteiger partial charge in [-0.2, -0.15) is 0 Å². The Morgan fingerprint density at radius 1 is 1.21 bits per heavy atom. The van der Waals surface area contributed by atoms with Crippen molar-refractivity contribution in [2.75, 3.05) is 0 Å². The second-order valence-electron chi connectivity index (χ2n) is 8.47. The van der Waals surface area contributed by atoms with Gasteiger partial charge in [0, 0.05) is 18.1 Å². The zero-order valence-electron chi connectivity index (χ0n) is 18.3. The smallest absolute Gasteiger partial charge is 0.336 e. The molecule has 0 saturated heterocycles. The first kappa shape index (κ1) is 21.4. The molecule has 0 aliphatic carbocycles. The summed E-state index contributed by atoms with van der Waals surface area (Å²) in [6.07, 6.45) is 9.26. The van der Waals surface area contributed by atoms with Crippen molar-refractivity contribution in [3.05, 3.63) is 44.8 Å². The molecule has 1 aromatic heterocycles. The van der Waals surface area contributed by atoms with Crippen molar-refractivity contribution >= 4 is 22.8 Å². The van der Waals surface area contributed by atoms with Crippen molar-refractivity contribution in [3.8, 4) is 5.75 Å². The zero-order valence-corrected chi connectivity index (χ0v) is 18.3. The van der Waals surface area contributed by atoms with Gasteiger partial charge in [0.1, 0.15) is 11.9 Å². The summed E-state index contributed by atoms with van der Waals surface area (Å²) >= 11 is 0. The van der Waals surface area contributed by atoms with Crippen LogP contribution in [0.3, 0.4) is 0 Å². The van der Waals surface area contributed by atoms with Gasteiger partial charge in [-0.25, -0.2) is 4.79 Å². The maximum atomic E-state index is 13.2. The third-order valence-electron chi connectivity index (χ3n) is 5.51. The van der Waals surface area contributed by atoms with Crippen LogP contribution in [0.2, 0.25) is 0 Å². The number of Topliss-reactive ketones (excluding diaryl/α,β-unsaturated/α-hetero) is 1. The van der Waals surface area contributed by atoms with Crippen molar-refractivity contribution in [2.45, 2.75) is 79.2 Å². The molecule has 4 nitrogen and oxygen atoms in total. The maximum absolute atomic E-state index is 13.2. The van der Waals surface area contributed by atoms with E-state index in [2.05, 4.69) is 26.0 Å². The van der Waals surface area contributed by atoms with E-state index in [0.717, 1.165) is 59.9 Å². The lowest BCUT2D eigenvalue weighted by Crippen LogP contribution is -2.19. The van der Waals surface area contributed by atoms with Crippen molar-refractivity contribution in [1.29, 1.82) is 0 Å². The molecule has 0 amide bonds. The van der Waals surface area contributed by atoms with Gasteiger partial charge in [-0.05, 0) is 49.3 Å². The first-order chi connectivity index (χ1) is 13.9. The molecule has 0 spiro atoms. The van der Waals surface area contributed by atoms with Gasteiger partial charge >= 0.3 is 5.63 Å². The van der Waals surface area contributed by atoms with Crippen molar-refractivity contribution in [2.24, 2.45) is 5.92 Å². The number of ether oxygens (including phenoxy) is 1. The van der Waals surface area contributed by atoms with Crippen LogP contribution in [-0.2, 0) is 6.42 Å². The predicted octanol–water partition coefficient (Wildman–Crippen LogP) is 6.25. The topological polar surface area (TPSA) is 56.5 Å². The van der Waals surface area contributed by atoms with Crippen LogP contribution in [0, 0.1) is 12.8 Å². The SMILES string of the molecule is CCCCc1cc(=O)oc2c(C(=O)CC(C)C)c(C)c3c(c12)OC(CCC)C=C3. The van der Waals surface area contributed by atoms with Gasteiger partial charge in [-0.1, -0.05) is 46.6 Å². The second-order valence-corrected chi connectivity index (χ2v) is 8.47. The van der Waals surface area contributed by atoms with Crippen LogP contribution >= 0.6 is 0 Å². The van der Waals surface area contributed by atoms with Crippen molar-refractivity contribution in [1.82, 2.24) is 0 Å². The minimum atomic E-state index is -0.405. The van der Waals surface area contributed by atoms with Gasteiger partial charge < -0.3 is 9.15 Å². The highest BCUT2D eigenvalue weighted by Gasteiger charge is 2.28. The van der Waals surface area contributed by atoms with Crippen LogP contribution in [0.1, 0.15) is 86.8 Å². The minimum Gasteiger partial charge on any atom is -0.485 e. The molecule has 0 fully saturated rings. The molecular weight excluding hydrogens is 364 g/mol. The summed E-state index contributed by atoms with van der Waals surface area (Å²) in [6, 6.07) is 1.57. The number of benzene rings is 1. The Bertz CT molecular complexity index is 994. The van der Waals surface area contributed by atoms with Crippen LogP contribution in [0.25, 0.3) is 17.0 Å². The lowest BCUT2D eigenvalue weighted by atomic mass is 9.88. The summed E-state index contributed by atoms with van der Waals surface area (Å²) in [7, 11) is 0. The standard InChI is InChI=1S/C25H32O4/c1-6-8-10-17-14-21(27)29-25-22(20(26)13-15(3)4)16(5)19-12-11-18(9-7-2)28-24(19)23(17)25/h11-12,14-15,18H,6-10,13H2,1-5H3. The highest BCUT2D eigenvalue weighted by Crippen LogP contribution is 2.42. The van der Waals surface area contributed by atoms with Crippen LogP contribution in [-0.4, -0.2) is 11.9 Å². The number of carbonyl (C=O) groups excluding carboxylic acids is 1. The minimum absolute atomic E-state index is 0.00160. The Balaban J connectivity index is 2.34. The molecule has 4 heteroatoms. The van der Waals surface area contributed by atoms with Gasteiger partial charge in [0.15, 0.2) is 11.4 Å². The van der Waals surface area contributed by atoms with Gasteiger partial charge in [0.2, 0.25) is 0 Å². The molecule has 0 radical (unpaired) electrons. The summed E-state index contributed by atoms with van der Waals surface area (Å²) < 4.78 is 12.1. The van der Waals surface area contributed by atoms with E-state index in [-0.39, 0.29) is 17.8 Å². The first-order valence-electron chi connectivity index (χ1n) is 10.9. The van der Waals surface area contributed by atoms with E-state index in [4.69, 9.17) is 9.15 Å². The third kappa shape index (κ3) is 4.31. The number of rotatable bonds is 8. The summed E-state index contributed by atoms with van der Waals surface area (Å²) in [5.74, 6) is 1.00. The third-order valence-corrected chi connectivity index (χ3v) is 5.51. The quantitative estimate of drug-likeness (QED) is 0.391. The summed E-state index contributed by atoms with van der Waals surface area (Å²) in [4.78, 5) is 25.5. The van der Waals surface area contributed by atoms with Crippen molar-refractivity contribution in [3.63, 3.8) is 0 Å². The molecule has 1 aromatic carbocycles. The summed E-state index contributed by atoms with van der Waals surface area (Å²) in [5, 5.41) is 0.802. The van der Waals surface area contributed by atoms with Gasteiger partial charge in [0.05, 0.1) is 10.9 Å². The van der Waals surface area contributed by atoms with E-state index in [0.29, 0.717) is 17.6 Å². The zero-order chi connectivity index (χ0) is 21.1. The molecule has 0 N–H and O–H groups in total. The Kier molecular flexibility index (Phi) is 6.61. The van der Waals surface area contributed by atoms with E-state index in [1.165, 1.54) is 0 Å². The van der Waals surface area contributed by atoms with E-state index in [9.17, 15) is 9.59 Å². The molecule has 156 valence electrons. The molecule has 2 aromatic rings. The average Bonchev–Trinajstić information content (AvgIpc) is 2.65. The number of ketones is 1. The fraction of sp³-hybridized carbons (Fsp3) is 0.520. The van der Waals surface area contributed by atoms with Gasteiger partial charge in [0.25, 0.3) is 0 Å². The van der Waals surface area contributed by atoms with E-state index < -0.39 is 5.63 Å². The largest absolute Gasteiger partial charge is 0.485 e. The lowest BCUT2D eigenvalue weighted by Gasteiger charge is -2.26. The Labute approximate surface area is 172 Å². The average molecular weight is 397 g/mol. The number of carbonyl (C=O) groups is 1. The predicted molar refractivity (Wildman–Crippen MR) is 118 cm³/mol. The number of hydrogen-bond donors (Lipinski definition) is 0. The van der Waals surface area contributed by atoms with E-state index in [1.807, 2.05) is 20.8 Å². The number of aryl methyl sites for hydroxylation is 1. The van der Waals surface area contributed by atoms with Gasteiger partial charge in [-0.3, -0.25) is 4.79 Å². The molecule has 0 bridgehead atoms. The first-order valence-corrected chi connectivity index (χ1v) is 10.9. The normalized spacial score (nSPS) is 15.6. The highest BCUT2D eigenvalue weighted by molar-refractivity contribution is 6.11. The number of unbranched alkanes of at least 4 members (excludes halogenated alkanes) is 1. The van der Waals surface area contributed by atoms with Gasteiger partial charge in [-0.15, -0.1) is 0 Å². The highest BCUT2D eigenvalue weighted by atomic mass is 16.5. The molecule has 1 unspecified atom stereocenters. The molecule has 29 heavy (non-hydrogen) atoms. The number of hydrogen-bond acceptors (Lipinski definition) is 4. The molecule has 1 aliphatic heterocycles. The second kappa shape index (κ2) is 8.98. The maximum Gasteiger partial charge on any atom is 0.336 e.